The molecule has 0 spiro atoms. The molecule has 3 rings (SSSR count). The third-order valence-electron chi connectivity index (χ3n) is 5.29. The molecule has 0 aliphatic carbocycles. The van der Waals surface area contributed by atoms with Gasteiger partial charge in [0.05, 0.1) is 12.3 Å². The van der Waals surface area contributed by atoms with Crippen LogP contribution in [0.1, 0.15) is 50.1 Å². The van der Waals surface area contributed by atoms with Crippen molar-refractivity contribution >= 4 is 10.8 Å². The average molecular weight is 348 g/mol. The zero-order chi connectivity index (χ0) is 20.1. The number of nitrogens with zero attached hydrogens (tertiary/aromatic N) is 1. The largest absolute Gasteiger partial charge is 0.220 e. The van der Waals surface area contributed by atoms with Gasteiger partial charge < -0.3 is 0 Å². The molecule has 0 aliphatic rings. The highest BCUT2D eigenvalue weighted by molar-refractivity contribution is 5.94. The second kappa shape index (κ2) is 6.54. The van der Waals surface area contributed by atoms with E-state index in [1.165, 1.54) is 38.9 Å². The lowest BCUT2D eigenvalue weighted by Crippen LogP contribution is -2.35. The molecule has 2 aromatic carbocycles. The van der Waals surface area contributed by atoms with Crippen molar-refractivity contribution in [2.75, 3.05) is 0 Å². The van der Waals surface area contributed by atoms with Crippen LogP contribution in [0, 0.1) is 33.1 Å². The highest BCUT2D eigenvalue weighted by Gasteiger charge is 2.21. The van der Waals surface area contributed by atoms with Gasteiger partial charge in [-0.05, 0) is 66.8 Å². The molecular weight excluding hydrogens is 314 g/mol. The molecule has 0 saturated heterocycles. The van der Waals surface area contributed by atoms with Gasteiger partial charge >= 0.3 is 0 Å². The summed E-state index contributed by atoms with van der Waals surface area (Å²) in [6, 6.07) is 11.9. The van der Waals surface area contributed by atoms with Gasteiger partial charge in [-0.2, -0.15) is 4.57 Å². The number of benzene rings is 2. The lowest BCUT2D eigenvalue weighted by atomic mass is 9.87. The maximum atomic E-state index is 8.73. The van der Waals surface area contributed by atoms with Gasteiger partial charge in [0, 0.05) is 13.0 Å². The Hall–Kier alpha value is -2.15. The van der Waals surface area contributed by atoms with Crippen LogP contribution in [0.25, 0.3) is 22.0 Å². The van der Waals surface area contributed by atoms with Gasteiger partial charge in [0.2, 0.25) is 5.69 Å². The zero-order valence-electron chi connectivity index (χ0n) is 18.5. The van der Waals surface area contributed by atoms with Crippen molar-refractivity contribution in [2.24, 2.45) is 12.5 Å². The Balaban J connectivity index is 2.37. The first kappa shape index (κ1) is 17.3. The molecule has 1 nitrogen and oxygen atoms in total. The van der Waals surface area contributed by atoms with E-state index >= 15 is 0 Å². The first-order valence-electron chi connectivity index (χ1n) is 9.99. The topological polar surface area (TPSA) is 3.88 Å². The van der Waals surface area contributed by atoms with E-state index in [1.54, 1.807) is 0 Å². The summed E-state index contributed by atoms with van der Waals surface area (Å²) < 4.78 is 10.9. The molecule has 0 amide bonds. The zero-order valence-corrected chi connectivity index (χ0v) is 17.5. The van der Waals surface area contributed by atoms with Crippen LogP contribution in [0.3, 0.4) is 0 Å². The van der Waals surface area contributed by atoms with Gasteiger partial charge in [0.15, 0.2) is 5.69 Å². The third-order valence-corrected chi connectivity index (χ3v) is 5.29. The Morgan fingerprint density at radius 1 is 1.00 bits per heavy atom. The summed E-state index contributed by atoms with van der Waals surface area (Å²) >= 11 is 0. The average Bonchev–Trinajstić information content (AvgIpc) is 2.56. The number of hydrogen-bond donors (Lipinski definition) is 0. The molecule has 0 radical (unpaired) electrons. The minimum Gasteiger partial charge on any atom is -0.198 e. The van der Waals surface area contributed by atoms with Crippen molar-refractivity contribution in [3.63, 3.8) is 0 Å². The monoisotopic (exact) mass is 347 g/mol. The molecule has 0 bridgehead atoms. The van der Waals surface area contributed by atoms with Crippen LogP contribution in [0.15, 0.2) is 36.4 Å². The van der Waals surface area contributed by atoms with Crippen molar-refractivity contribution in [3.8, 4) is 11.3 Å². The molecule has 1 heteroatoms. The molecule has 0 saturated carbocycles. The second-order valence-electron chi connectivity index (χ2n) is 8.99. The van der Waals surface area contributed by atoms with Crippen LogP contribution in [0.4, 0.5) is 0 Å². The van der Waals surface area contributed by atoms with Crippen LogP contribution in [0.5, 0.6) is 0 Å². The highest BCUT2D eigenvalue weighted by atomic mass is 14.9. The number of aromatic nitrogens is 1. The Morgan fingerprint density at radius 2 is 1.69 bits per heavy atom. The SMILES string of the molecule is [2H]c1c(C)[n+](C)c(-c2cc(C)cc(C)c2C)c2ccc(CC(C)(C)C)cc12. The summed E-state index contributed by atoms with van der Waals surface area (Å²) in [5.74, 6) is 0. The summed E-state index contributed by atoms with van der Waals surface area (Å²) in [6.45, 7) is 15.4. The minimum absolute atomic E-state index is 0.234. The fourth-order valence-electron chi connectivity index (χ4n) is 3.86. The Kier molecular flexibility index (Phi) is 4.34. The van der Waals surface area contributed by atoms with Crippen molar-refractivity contribution in [1.82, 2.24) is 0 Å². The fraction of sp³-hybridized carbons (Fsp3) is 0.400. The van der Waals surface area contributed by atoms with E-state index in [-0.39, 0.29) is 5.41 Å². The molecule has 0 atom stereocenters. The number of rotatable bonds is 2. The summed E-state index contributed by atoms with van der Waals surface area (Å²) in [5, 5.41) is 2.22. The summed E-state index contributed by atoms with van der Waals surface area (Å²) in [4.78, 5) is 0. The predicted octanol–water partition coefficient (Wildman–Crippen LogP) is 6.15. The minimum atomic E-state index is 0.234. The van der Waals surface area contributed by atoms with Gasteiger partial charge in [-0.1, -0.05) is 44.5 Å². The maximum Gasteiger partial charge on any atom is 0.220 e. The molecule has 1 aromatic heterocycles. The van der Waals surface area contributed by atoms with Crippen LogP contribution in [0.2, 0.25) is 0 Å². The number of fused-ring (bicyclic) bond motifs is 1. The Labute approximate surface area is 160 Å². The van der Waals surface area contributed by atoms with Crippen LogP contribution >= 0.6 is 0 Å². The lowest BCUT2D eigenvalue weighted by Gasteiger charge is -2.19. The van der Waals surface area contributed by atoms with E-state index in [9.17, 15) is 0 Å². The number of hydrogen-bond acceptors (Lipinski definition) is 0. The van der Waals surface area contributed by atoms with E-state index in [1.807, 2.05) is 0 Å². The van der Waals surface area contributed by atoms with Crippen molar-refractivity contribution in [3.05, 3.63) is 64.3 Å². The van der Waals surface area contributed by atoms with Gasteiger partial charge in [-0.15, -0.1) is 0 Å². The molecule has 26 heavy (non-hydrogen) atoms. The van der Waals surface area contributed by atoms with Crippen molar-refractivity contribution < 1.29 is 5.94 Å². The molecule has 0 N–H and O–H groups in total. The van der Waals surface area contributed by atoms with E-state index in [0.29, 0.717) is 6.04 Å². The normalized spacial score (nSPS) is 12.5. The molecule has 136 valence electrons. The van der Waals surface area contributed by atoms with E-state index in [2.05, 4.69) is 90.4 Å². The first-order valence-corrected chi connectivity index (χ1v) is 9.49. The van der Waals surface area contributed by atoms with E-state index in [0.717, 1.165) is 17.5 Å². The van der Waals surface area contributed by atoms with Gasteiger partial charge in [0.1, 0.15) is 7.05 Å². The van der Waals surface area contributed by atoms with Gasteiger partial charge in [-0.25, -0.2) is 0 Å². The lowest BCUT2D eigenvalue weighted by molar-refractivity contribution is -0.665. The molecule has 3 aromatic rings. The predicted molar refractivity (Wildman–Crippen MR) is 113 cm³/mol. The fourth-order valence-corrected chi connectivity index (χ4v) is 3.86. The number of pyridine rings is 1. The van der Waals surface area contributed by atoms with Crippen LogP contribution in [-0.4, -0.2) is 0 Å². The molecule has 1 heterocycles. The van der Waals surface area contributed by atoms with Crippen LogP contribution < -0.4 is 4.57 Å². The molecular formula is C25H32N+. The van der Waals surface area contributed by atoms with E-state index < -0.39 is 0 Å². The smallest absolute Gasteiger partial charge is 0.198 e. The first-order chi connectivity index (χ1) is 12.5. The van der Waals surface area contributed by atoms with Crippen molar-refractivity contribution in [2.45, 2.75) is 54.9 Å². The quantitative estimate of drug-likeness (QED) is 0.489. The van der Waals surface area contributed by atoms with Crippen molar-refractivity contribution in [1.29, 1.82) is 0 Å². The molecule has 0 fully saturated rings. The molecule has 0 unspecified atom stereocenters. The summed E-state index contributed by atoms with van der Waals surface area (Å²) in [6.07, 6.45) is 1.01. The Morgan fingerprint density at radius 3 is 2.35 bits per heavy atom. The standard InChI is InChI=1S/C25H32N/c1-16-11-17(2)19(4)23(12-16)24-22-10-9-20(15-25(5,6)7)14-21(22)13-18(3)26(24)8/h9-14H,15H2,1-8H3/q+1/i13D. The Bertz CT molecular complexity index is 1040. The molecule has 0 aliphatic heterocycles. The second-order valence-corrected chi connectivity index (χ2v) is 8.99. The maximum absolute atomic E-state index is 8.73. The highest BCUT2D eigenvalue weighted by Crippen LogP contribution is 2.32. The summed E-state index contributed by atoms with van der Waals surface area (Å²) in [5.41, 5.74) is 8.93. The number of aryl methyl sites for hydroxylation is 2. The van der Waals surface area contributed by atoms with Gasteiger partial charge in [0.25, 0.3) is 0 Å². The summed E-state index contributed by atoms with van der Waals surface area (Å²) in [7, 11) is 2.09. The van der Waals surface area contributed by atoms with Gasteiger partial charge in [-0.3, -0.25) is 0 Å². The van der Waals surface area contributed by atoms with Crippen LogP contribution in [-0.2, 0) is 13.5 Å². The third kappa shape index (κ3) is 3.53. The van der Waals surface area contributed by atoms with E-state index in [4.69, 9.17) is 1.37 Å².